The molecule has 1 rings (SSSR count). The number of hydrogen-bond donors (Lipinski definition) is 0. The van der Waals surface area contributed by atoms with Crippen molar-refractivity contribution < 1.29 is 4.79 Å². The average Bonchev–Trinajstić information content (AvgIpc) is 2.61. The molecular weight excluding hydrogens is 200 g/mol. The Bertz CT molecular complexity index is 245. The van der Waals surface area contributed by atoms with Crippen LogP contribution in [-0.4, -0.2) is 42.5 Å². The standard InChI is InChI=1S/C13H26N2O/c1-6-14(5)12(16)15-8-7-11(10-15)9-13(2,3)4/h11H,6-10H2,1-5H3. The first kappa shape index (κ1) is 13.3. The quantitative estimate of drug-likeness (QED) is 0.710. The van der Waals surface area contributed by atoms with E-state index in [0.29, 0.717) is 11.3 Å². The van der Waals surface area contributed by atoms with Crippen LogP contribution >= 0.6 is 0 Å². The van der Waals surface area contributed by atoms with E-state index in [-0.39, 0.29) is 6.03 Å². The molecule has 16 heavy (non-hydrogen) atoms. The second kappa shape index (κ2) is 5.07. The summed E-state index contributed by atoms with van der Waals surface area (Å²) in [7, 11) is 1.87. The van der Waals surface area contributed by atoms with E-state index in [0.717, 1.165) is 19.6 Å². The molecule has 1 aliphatic heterocycles. The zero-order chi connectivity index (χ0) is 12.3. The molecule has 0 aromatic carbocycles. The first-order chi connectivity index (χ1) is 7.33. The van der Waals surface area contributed by atoms with Crippen molar-refractivity contribution in [2.45, 2.75) is 40.5 Å². The van der Waals surface area contributed by atoms with E-state index in [1.54, 1.807) is 4.90 Å². The molecule has 2 amide bonds. The van der Waals surface area contributed by atoms with Gasteiger partial charge < -0.3 is 9.80 Å². The molecule has 0 spiro atoms. The van der Waals surface area contributed by atoms with Crippen molar-refractivity contribution in [3.8, 4) is 0 Å². The summed E-state index contributed by atoms with van der Waals surface area (Å²) in [5, 5.41) is 0. The molecule has 0 bridgehead atoms. The van der Waals surface area contributed by atoms with Crippen molar-refractivity contribution >= 4 is 6.03 Å². The van der Waals surface area contributed by atoms with Crippen molar-refractivity contribution in [3.05, 3.63) is 0 Å². The molecule has 1 heterocycles. The molecule has 94 valence electrons. The highest BCUT2D eigenvalue weighted by atomic mass is 16.2. The second-order valence-electron chi connectivity index (χ2n) is 6.16. The predicted molar refractivity (Wildman–Crippen MR) is 67.5 cm³/mol. The first-order valence-corrected chi connectivity index (χ1v) is 6.33. The zero-order valence-electron chi connectivity index (χ0n) is 11.4. The van der Waals surface area contributed by atoms with Gasteiger partial charge in [0.2, 0.25) is 0 Å². The lowest BCUT2D eigenvalue weighted by Crippen LogP contribution is -2.39. The Kier molecular flexibility index (Phi) is 4.22. The van der Waals surface area contributed by atoms with Gasteiger partial charge in [0.05, 0.1) is 0 Å². The molecule has 0 aliphatic carbocycles. The van der Waals surface area contributed by atoms with Gasteiger partial charge in [-0.05, 0) is 31.1 Å². The van der Waals surface area contributed by atoms with Gasteiger partial charge >= 0.3 is 6.03 Å². The van der Waals surface area contributed by atoms with Gasteiger partial charge in [-0.25, -0.2) is 4.79 Å². The fourth-order valence-electron chi connectivity index (χ4n) is 2.42. The number of likely N-dealkylation sites (tertiary alicyclic amines) is 1. The van der Waals surface area contributed by atoms with Crippen LogP contribution in [0.15, 0.2) is 0 Å². The largest absolute Gasteiger partial charge is 0.328 e. The Hall–Kier alpha value is -0.730. The van der Waals surface area contributed by atoms with Crippen LogP contribution < -0.4 is 0 Å². The number of amides is 2. The highest BCUT2D eigenvalue weighted by Crippen LogP contribution is 2.30. The minimum Gasteiger partial charge on any atom is -0.328 e. The molecule has 1 atom stereocenters. The molecule has 0 N–H and O–H groups in total. The molecular formula is C13H26N2O. The fourth-order valence-corrected chi connectivity index (χ4v) is 2.42. The number of rotatable bonds is 2. The Labute approximate surface area is 99.8 Å². The summed E-state index contributed by atoms with van der Waals surface area (Å²) in [5.41, 5.74) is 0.375. The van der Waals surface area contributed by atoms with E-state index in [9.17, 15) is 4.79 Å². The van der Waals surface area contributed by atoms with Crippen molar-refractivity contribution in [3.63, 3.8) is 0 Å². The lowest BCUT2D eigenvalue weighted by atomic mass is 9.84. The molecule has 1 aliphatic rings. The second-order valence-corrected chi connectivity index (χ2v) is 6.16. The van der Waals surface area contributed by atoms with Gasteiger partial charge in [-0.3, -0.25) is 0 Å². The van der Waals surface area contributed by atoms with Crippen LogP contribution in [0.4, 0.5) is 4.79 Å². The van der Waals surface area contributed by atoms with E-state index in [1.807, 2.05) is 18.9 Å². The monoisotopic (exact) mass is 226 g/mol. The number of nitrogens with zero attached hydrogens (tertiary/aromatic N) is 2. The SMILES string of the molecule is CCN(C)C(=O)N1CCC(CC(C)(C)C)C1. The Balaban J connectivity index is 2.43. The summed E-state index contributed by atoms with van der Waals surface area (Å²) in [4.78, 5) is 15.7. The molecule has 1 fully saturated rings. The molecule has 3 nitrogen and oxygen atoms in total. The number of carbonyl (C=O) groups is 1. The molecule has 1 saturated heterocycles. The number of hydrogen-bond acceptors (Lipinski definition) is 1. The lowest BCUT2D eigenvalue weighted by Gasteiger charge is -2.25. The van der Waals surface area contributed by atoms with Crippen LogP contribution in [-0.2, 0) is 0 Å². The van der Waals surface area contributed by atoms with E-state index in [2.05, 4.69) is 20.8 Å². The van der Waals surface area contributed by atoms with Gasteiger partial charge in [0.1, 0.15) is 0 Å². The maximum Gasteiger partial charge on any atom is 0.319 e. The van der Waals surface area contributed by atoms with Crippen LogP contribution in [0.25, 0.3) is 0 Å². The molecule has 0 radical (unpaired) electrons. The zero-order valence-corrected chi connectivity index (χ0v) is 11.4. The third-order valence-electron chi connectivity index (χ3n) is 3.26. The maximum absolute atomic E-state index is 11.9. The van der Waals surface area contributed by atoms with Gasteiger partial charge in [0.25, 0.3) is 0 Å². The topological polar surface area (TPSA) is 23.6 Å². The highest BCUT2D eigenvalue weighted by Gasteiger charge is 2.30. The number of carbonyl (C=O) groups excluding carboxylic acids is 1. The third-order valence-corrected chi connectivity index (χ3v) is 3.26. The van der Waals surface area contributed by atoms with Crippen molar-refractivity contribution in [1.29, 1.82) is 0 Å². The Morgan fingerprint density at radius 2 is 2.06 bits per heavy atom. The van der Waals surface area contributed by atoms with Crippen LogP contribution in [0.2, 0.25) is 0 Å². The molecule has 0 aromatic heterocycles. The average molecular weight is 226 g/mol. The van der Waals surface area contributed by atoms with Gasteiger partial charge in [-0.15, -0.1) is 0 Å². The molecule has 0 saturated carbocycles. The smallest absolute Gasteiger partial charge is 0.319 e. The number of urea groups is 1. The summed E-state index contributed by atoms with van der Waals surface area (Å²) in [6.07, 6.45) is 2.38. The van der Waals surface area contributed by atoms with Gasteiger partial charge in [0.15, 0.2) is 0 Å². The first-order valence-electron chi connectivity index (χ1n) is 6.33. The highest BCUT2D eigenvalue weighted by molar-refractivity contribution is 5.74. The maximum atomic E-state index is 11.9. The molecule has 0 aromatic rings. The third kappa shape index (κ3) is 3.69. The van der Waals surface area contributed by atoms with Gasteiger partial charge in [0, 0.05) is 26.7 Å². The van der Waals surface area contributed by atoms with E-state index < -0.39 is 0 Å². The Morgan fingerprint density at radius 1 is 1.44 bits per heavy atom. The minimum absolute atomic E-state index is 0.193. The normalized spacial score (nSPS) is 21.3. The fraction of sp³-hybridized carbons (Fsp3) is 0.923. The van der Waals surface area contributed by atoms with Crippen LogP contribution in [0.3, 0.4) is 0 Å². The summed E-state index contributed by atoms with van der Waals surface area (Å²) >= 11 is 0. The van der Waals surface area contributed by atoms with Crippen molar-refractivity contribution in [2.75, 3.05) is 26.7 Å². The van der Waals surface area contributed by atoms with Gasteiger partial charge in [-0.1, -0.05) is 20.8 Å². The molecule has 3 heteroatoms. The summed E-state index contributed by atoms with van der Waals surface area (Å²) in [6.45, 7) is 11.5. The lowest BCUT2D eigenvalue weighted by molar-refractivity contribution is 0.171. The van der Waals surface area contributed by atoms with E-state index >= 15 is 0 Å². The van der Waals surface area contributed by atoms with E-state index in [1.165, 1.54) is 12.8 Å². The van der Waals surface area contributed by atoms with Crippen LogP contribution in [0, 0.1) is 11.3 Å². The predicted octanol–water partition coefficient (Wildman–Crippen LogP) is 2.82. The van der Waals surface area contributed by atoms with E-state index in [4.69, 9.17) is 0 Å². The van der Waals surface area contributed by atoms with Crippen LogP contribution in [0.5, 0.6) is 0 Å². The van der Waals surface area contributed by atoms with Gasteiger partial charge in [-0.2, -0.15) is 0 Å². The summed E-state index contributed by atoms with van der Waals surface area (Å²) in [6, 6.07) is 0.193. The van der Waals surface area contributed by atoms with Crippen LogP contribution in [0.1, 0.15) is 40.5 Å². The summed E-state index contributed by atoms with van der Waals surface area (Å²) < 4.78 is 0. The van der Waals surface area contributed by atoms with Crippen molar-refractivity contribution in [1.82, 2.24) is 9.80 Å². The van der Waals surface area contributed by atoms with Crippen molar-refractivity contribution in [2.24, 2.45) is 11.3 Å². The Morgan fingerprint density at radius 3 is 2.56 bits per heavy atom. The molecule has 1 unspecified atom stereocenters. The minimum atomic E-state index is 0.193. The summed E-state index contributed by atoms with van der Waals surface area (Å²) in [5.74, 6) is 0.689.